The van der Waals surface area contributed by atoms with Crippen LogP contribution in [0.3, 0.4) is 0 Å². The van der Waals surface area contributed by atoms with Crippen molar-refractivity contribution in [2.75, 3.05) is 39.0 Å². The second-order valence-corrected chi connectivity index (χ2v) is 11.2. The van der Waals surface area contributed by atoms with Crippen LogP contribution in [0, 0.1) is 12.5 Å². The fraction of sp³-hybridized carbons (Fsp3) is 0.387. The first-order valence-corrected chi connectivity index (χ1v) is 13.9. The second-order valence-electron chi connectivity index (χ2n) is 11.2. The Kier molecular flexibility index (Phi) is 7.90. The smallest absolute Gasteiger partial charge is 0.254 e. The van der Waals surface area contributed by atoms with Gasteiger partial charge in [0, 0.05) is 51.4 Å². The number of rotatable bonds is 9. The van der Waals surface area contributed by atoms with E-state index in [1.54, 1.807) is 29.9 Å². The highest BCUT2D eigenvalue weighted by molar-refractivity contribution is 6.03. The summed E-state index contributed by atoms with van der Waals surface area (Å²) in [5.74, 6) is -0.695. The normalized spacial score (nSPS) is 16.5. The number of nitrogens with zero attached hydrogens (tertiary/aromatic N) is 5. The number of likely N-dealkylation sites (tertiary alicyclic amines) is 1. The molecule has 3 amide bonds. The highest BCUT2D eigenvalue weighted by atomic mass is 16.2. The van der Waals surface area contributed by atoms with E-state index in [0.717, 1.165) is 49.2 Å². The average Bonchev–Trinajstić information content (AvgIpc) is 3.74. The first-order chi connectivity index (χ1) is 19.7. The number of hydrogen-bond acceptors (Lipinski definition) is 5. The third-order valence-electron chi connectivity index (χ3n) is 8.05. The van der Waals surface area contributed by atoms with Gasteiger partial charge >= 0.3 is 0 Å². The third-order valence-corrected chi connectivity index (χ3v) is 8.05. The highest BCUT2D eigenvalue weighted by Gasteiger charge is 2.41. The maximum atomic E-state index is 12.7. The summed E-state index contributed by atoms with van der Waals surface area (Å²) in [4.78, 5) is 44.8. The van der Waals surface area contributed by atoms with Crippen molar-refractivity contribution < 1.29 is 14.4 Å². The minimum absolute atomic E-state index is 0.0292. The topological polar surface area (TPSA) is 118 Å². The Morgan fingerprint density at radius 1 is 1.07 bits per heavy atom. The van der Waals surface area contributed by atoms with E-state index in [0.29, 0.717) is 18.4 Å². The van der Waals surface area contributed by atoms with Crippen molar-refractivity contribution >= 4 is 23.5 Å². The fourth-order valence-electron chi connectivity index (χ4n) is 5.40. The third kappa shape index (κ3) is 6.00. The van der Waals surface area contributed by atoms with Gasteiger partial charge in [0.15, 0.2) is 5.82 Å². The predicted octanol–water partition coefficient (Wildman–Crippen LogP) is 3.61. The van der Waals surface area contributed by atoms with Gasteiger partial charge in [-0.3, -0.25) is 24.0 Å². The molecule has 41 heavy (non-hydrogen) atoms. The minimum atomic E-state index is -0.658. The van der Waals surface area contributed by atoms with Gasteiger partial charge in [-0.1, -0.05) is 42.5 Å². The highest BCUT2D eigenvalue weighted by Crippen LogP contribution is 2.34. The number of hydrogen-bond donors (Lipinski definition) is 2. The molecule has 5 rings (SSSR count). The lowest BCUT2D eigenvalue weighted by molar-refractivity contribution is -0.117. The lowest BCUT2D eigenvalue weighted by atomic mass is 9.87. The molecule has 212 valence electrons. The van der Waals surface area contributed by atoms with E-state index in [2.05, 4.69) is 44.4 Å². The van der Waals surface area contributed by atoms with Gasteiger partial charge in [-0.05, 0) is 48.4 Å². The van der Waals surface area contributed by atoms with Gasteiger partial charge in [0.2, 0.25) is 12.5 Å². The van der Waals surface area contributed by atoms with E-state index >= 15 is 0 Å². The minimum Gasteiger partial charge on any atom is -0.365 e. The summed E-state index contributed by atoms with van der Waals surface area (Å²) < 4.78 is 1.69. The molecule has 0 spiro atoms. The summed E-state index contributed by atoms with van der Waals surface area (Å²) in [6, 6.07) is 15.9. The van der Waals surface area contributed by atoms with Crippen molar-refractivity contribution in [2.24, 2.45) is 11.7 Å². The molecule has 1 saturated heterocycles. The molecule has 1 aromatic heterocycles. The molecule has 3 aromatic rings. The van der Waals surface area contributed by atoms with Crippen LogP contribution in [0.5, 0.6) is 0 Å². The number of carbonyl (C=O) groups is 3. The molecule has 1 aliphatic carbocycles. The van der Waals surface area contributed by atoms with Crippen molar-refractivity contribution in [3.8, 4) is 11.1 Å². The lowest BCUT2D eigenvalue weighted by Gasteiger charge is -2.38. The first kappa shape index (κ1) is 28.1. The van der Waals surface area contributed by atoms with Gasteiger partial charge in [-0.25, -0.2) is 6.57 Å². The van der Waals surface area contributed by atoms with E-state index in [9.17, 15) is 14.4 Å². The molecule has 2 fully saturated rings. The van der Waals surface area contributed by atoms with E-state index in [4.69, 9.17) is 12.3 Å². The first-order valence-electron chi connectivity index (χ1n) is 13.9. The average molecular weight is 554 g/mol. The van der Waals surface area contributed by atoms with Crippen LogP contribution in [-0.2, 0) is 16.9 Å². The Labute approximate surface area is 239 Å². The molecule has 0 unspecified atom stereocenters. The Balaban J connectivity index is 1.28. The number of nitrogens with one attached hydrogen (secondary N) is 1. The van der Waals surface area contributed by atoms with Gasteiger partial charge in [-0.2, -0.15) is 5.10 Å². The summed E-state index contributed by atoms with van der Waals surface area (Å²) >= 11 is 0. The van der Waals surface area contributed by atoms with Crippen LogP contribution in [0.2, 0.25) is 0 Å². The zero-order valence-corrected chi connectivity index (χ0v) is 23.5. The molecular formula is C31H35N7O3. The molecule has 1 saturated carbocycles. The monoisotopic (exact) mass is 553 g/mol. The molecule has 2 aliphatic rings. The van der Waals surface area contributed by atoms with Crippen LogP contribution in [0.1, 0.15) is 52.0 Å². The number of amides is 3. The van der Waals surface area contributed by atoms with Crippen LogP contribution >= 0.6 is 0 Å². The van der Waals surface area contributed by atoms with Crippen LogP contribution in [0.4, 0.5) is 5.82 Å². The quantitative estimate of drug-likeness (QED) is 0.393. The van der Waals surface area contributed by atoms with E-state index in [1.807, 2.05) is 24.3 Å². The summed E-state index contributed by atoms with van der Waals surface area (Å²) in [5.41, 5.74) is 8.90. The molecule has 0 bridgehead atoms. The van der Waals surface area contributed by atoms with Crippen molar-refractivity contribution in [1.29, 1.82) is 0 Å². The number of benzene rings is 2. The Bertz CT molecular complexity index is 1490. The number of anilines is 1. The fourth-order valence-corrected chi connectivity index (χ4v) is 5.40. The van der Waals surface area contributed by atoms with Crippen LogP contribution in [0.25, 0.3) is 16.0 Å². The van der Waals surface area contributed by atoms with E-state index in [1.165, 1.54) is 0 Å². The lowest BCUT2D eigenvalue weighted by Crippen LogP contribution is -2.47. The van der Waals surface area contributed by atoms with Crippen LogP contribution in [0.15, 0.2) is 54.7 Å². The SMILES string of the molecule is [C-]#[N+]CC1(n2cc(C(N)=O)c(NC(=O)C3CC3)n2)CCN(Cc2ccc(-c3ccccc3C(=O)N(C)C)cc2)CC1. The van der Waals surface area contributed by atoms with Crippen molar-refractivity contribution in [1.82, 2.24) is 19.6 Å². The molecular weight excluding hydrogens is 518 g/mol. The van der Waals surface area contributed by atoms with Gasteiger partial charge < -0.3 is 20.8 Å². The summed E-state index contributed by atoms with van der Waals surface area (Å²) in [6.45, 7) is 10.1. The molecule has 0 radical (unpaired) electrons. The van der Waals surface area contributed by atoms with Crippen molar-refractivity contribution in [3.63, 3.8) is 0 Å². The molecule has 2 aromatic carbocycles. The summed E-state index contributed by atoms with van der Waals surface area (Å²) in [5, 5.41) is 7.33. The molecule has 10 nitrogen and oxygen atoms in total. The summed E-state index contributed by atoms with van der Waals surface area (Å²) in [7, 11) is 3.51. The zero-order valence-electron chi connectivity index (χ0n) is 23.5. The van der Waals surface area contributed by atoms with Crippen molar-refractivity contribution in [2.45, 2.75) is 37.8 Å². The molecule has 3 N–H and O–H groups in total. The van der Waals surface area contributed by atoms with Gasteiger partial charge in [0.1, 0.15) is 11.1 Å². The number of aromatic nitrogens is 2. The number of piperidine rings is 1. The number of nitrogens with two attached hydrogens (primary N) is 1. The number of carbonyl (C=O) groups excluding carboxylic acids is 3. The summed E-state index contributed by atoms with van der Waals surface area (Å²) in [6.07, 6.45) is 4.60. The van der Waals surface area contributed by atoms with E-state index in [-0.39, 0.29) is 35.7 Å². The van der Waals surface area contributed by atoms with Gasteiger partial charge in [-0.15, -0.1) is 0 Å². The Morgan fingerprint density at radius 2 is 1.76 bits per heavy atom. The molecule has 2 heterocycles. The predicted molar refractivity (Wildman–Crippen MR) is 156 cm³/mol. The largest absolute Gasteiger partial charge is 0.365 e. The Hall–Kier alpha value is -4.49. The zero-order chi connectivity index (χ0) is 29.1. The molecule has 0 atom stereocenters. The standard InChI is InChI=1S/C31H35N7O3/c1-33-20-31(38-19-26(27(32)39)28(35-38)34-29(40)23-12-13-23)14-16-37(17-15-31)18-21-8-10-22(11-9-21)24-6-4-5-7-25(24)30(41)36(2)3/h4-11,19,23H,12-18,20H2,2-3H3,(H2,32,39)(H,34,35,40). The number of primary amides is 1. The van der Waals surface area contributed by atoms with E-state index < -0.39 is 11.4 Å². The van der Waals surface area contributed by atoms with Crippen LogP contribution in [-0.4, -0.2) is 71.0 Å². The van der Waals surface area contributed by atoms with Gasteiger partial charge in [0.25, 0.3) is 11.8 Å². The maximum Gasteiger partial charge on any atom is 0.254 e. The molecule has 10 heteroatoms. The van der Waals surface area contributed by atoms with Crippen molar-refractivity contribution in [3.05, 3.63) is 82.8 Å². The second kappa shape index (κ2) is 11.6. The Morgan fingerprint density at radius 3 is 2.37 bits per heavy atom. The molecule has 1 aliphatic heterocycles. The maximum absolute atomic E-state index is 12.7. The van der Waals surface area contributed by atoms with Crippen LogP contribution < -0.4 is 11.1 Å². The van der Waals surface area contributed by atoms with Gasteiger partial charge in [0.05, 0.1) is 0 Å².